The van der Waals surface area contributed by atoms with Gasteiger partial charge in [-0.1, -0.05) is 30.3 Å². The molecule has 5 heteroatoms. The first kappa shape index (κ1) is 17.7. The van der Waals surface area contributed by atoms with Crippen LogP contribution in [0.2, 0.25) is 0 Å². The fourth-order valence-electron chi connectivity index (χ4n) is 2.46. The molecule has 0 bridgehead atoms. The number of ether oxygens (including phenoxy) is 1. The number of carbonyl (C=O) groups excluding carboxylic acids is 1. The van der Waals surface area contributed by atoms with Gasteiger partial charge in [0.1, 0.15) is 5.75 Å². The Balaban J connectivity index is 1.55. The Morgan fingerprint density at radius 1 is 1.08 bits per heavy atom. The van der Waals surface area contributed by atoms with Gasteiger partial charge in [0.05, 0.1) is 18.2 Å². The summed E-state index contributed by atoms with van der Waals surface area (Å²) in [5, 5.41) is 10.9. The number of hydrogen-bond acceptors (Lipinski definition) is 4. The molecule has 1 aromatic heterocycles. The minimum absolute atomic E-state index is 0.0120. The summed E-state index contributed by atoms with van der Waals surface area (Å²) in [4.78, 5) is 15.0. The predicted molar refractivity (Wildman–Crippen MR) is 103 cm³/mol. The number of amides is 1. The maximum absolute atomic E-state index is 12.2. The standard InChI is InChI=1S/C21H18N2O2S/c1-23(14-20-3-2-12-26-20)21(24)15-25-19-10-8-18(9-11-19)17-6-4-16(13-22)5-7-17/h2-12H,14-15H2,1H3. The van der Waals surface area contributed by atoms with E-state index in [-0.39, 0.29) is 12.5 Å². The molecule has 0 saturated heterocycles. The number of nitriles is 1. The number of rotatable bonds is 6. The third kappa shape index (κ3) is 4.50. The number of carbonyl (C=O) groups is 1. The van der Waals surface area contributed by atoms with Gasteiger partial charge in [-0.25, -0.2) is 0 Å². The van der Waals surface area contributed by atoms with Crippen LogP contribution in [0.5, 0.6) is 5.75 Å². The lowest BCUT2D eigenvalue weighted by atomic mass is 10.0. The molecule has 4 nitrogen and oxygen atoms in total. The van der Waals surface area contributed by atoms with E-state index in [0.29, 0.717) is 17.9 Å². The van der Waals surface area contributed by atoms with Gasteiger partial charge in [-0.3, -0.25) is 4.79 Å². The second-order valence-electron chi connectivity index (χ2n) is 5.83. The Morgan fingerprint density at radius 3 is 2.31 bits per heavy atom. The van der Waals surface area contributed by atoms with Crippen LogP contribution in [0.25, 0.3) is 11.1 Å². The van der Waals surface area contributed by atoms with Crippen molar-refractivity contribution in [3.05, 3.63) is 76.5 Å². The number of thiophene rings is 1. The van der Waals surface area contributed by atoms with Crippen LogP contribution in [0.4, 0.5) is 0 Å². The summed E-state index contributed by atoms with van der Waals surface area (Å²) in [5.74, 6) is 0.592. The Hall–Kier alpha value is -3.10. The number of benzene rings is 2. The molecular formula is C21H18N2O2S. The van der Waals surface area contributed by atoms with Crippen LogP contribution in [0.3, 0.4) is 0 Å². The molecule has 0 aliphatic heterocycles. The van der Waals surface area contributed by atoms with E-state index in [4.69, 9.17) is 10.00 Å². The summed E-state index contributed by atoms with van der Waals surface area (Å²) in [6.45, 7) is 0.607. The third-order valence-electron chi connectivity index (χ3n) is 3.96. The fourth-order valence-corrected chi connectivity index (χ4v) is 3.22. The monoisotopic (exact) mass is 362 g/mol. The molecule has 0 aliphatic carbocycles. The summed E-state index contributed by atoms with van der Waals surface area (Å²) < 4.78 is 5.60. The van der Waals surface area contributed by atoms with E-state index in [9.17, 15) is 4.79 Å². The highest BCUT2D eigenvalue weighted by atomic mass is 32.1. The molecule has 0 fully saturated rings. The fraction of sp³-hybridized carbons (Fsp3) is 0.143. The maximum Gasteiger partial charge on any atom is 0.260 e. The van der Waals surface area contributed by atoms with Gasteiger partial charge >= 0.3 is 0 Å². The smallest absolute Gasteiger partial charge is 0.260 e. The molecular weight excluding hydrogens is 344 g/mol. The van der Waals surface area contributed by atoms with Crippen molar-refractivity contribution in [3.63, 3.8) is 0 Å². The Kier molecular flexibility index (Phi) is 5.67. The lowest BCUT2D eigenvalue weighted by Gasteiger charge is -2.16. The Morgan fingerprint density at radius 2 is 1.73 bits per heavy atom. The van der Waals surface area contributed by atoms with E-state index in [1.54, 1.807) is 35.4 Å². The van der Waals surface area contributed by atoms with Gasteiger partial charge in [0.15, 0.2) is 6.61 Å². The summed E-state index contributed by atoms with van der Waals surface area (Å²) in [6, 6.07) is 21.1. The highest BCUT2D eigenvalue weighted by Gasteiger charge is 2.10. The number of hydrogen-bond donors (Lipinski definition) is 0. The van der Waals surface area contributed by atoms with E-state index >= 15 is 0 Å². The largest absolute Gasteiger partial charge is 0.484 e. The van der Waals surface area contributed by atoms with Crippen molar-refractivity contribution in [2.24, 2.45) is 0 Å². The molecule has 0 unspecified atom stereocenters. The van der Waals surface area contributed by atoms with Gasteiger partial charge in [0.2, 0.25) is 0 Å². The topological polar surface area (TPSA) is 53.3 Å². The zero-order chi connectivity index (χ0) is 18.4. The van der Waals surface area contributed by atoms with Crippen LogP contribution in [0.1, 0.15) is 10.4 Å². The van der Waals surface area contributed by atoms with Gasteiger partial charge in [-0.05, 0) is 46.8 Å². The quantitative estimate of drug-likeness (QED) is 0.656. The average molecular weight is 362 g/mol. The first-order valence-electron chi connectivity index (χ1n) is 8.15. The maximum atomic E-state index is 12.2. The van der Waals surface area contributed by atoms with Crippen molar-refractivity contribution >= 4 is 17.2 Å². The van der Waals surface area contributed by atoms with Gasteiger partial charge in [-0.2, -0.15) is 5.26 Å². The minimum Gasteiger partial charge on any atom is -0.484 e. The Bertz CT molecular complexity index is 895. The van der Waals surface area contributed by atoms with Gasteiger partial charge in [0, 0.05) is 11.9 Å². The zero-order valence-corrected chi connectivity index (χ0v) is 15.2. The average Bonchev–Trinajstić information content (AvgIpc) is 3.19. The lowest BCUT2D eigenvalue weighted by Crippen LogP contribution is -2.30. The van der Waals surface area contributed by atoms with Crippen LogP contribution in [0.15, 0.2) is 66.0 Å². The second kappa shape index (κ2) is 8.32. The zero-order valence-electron chi connectivity index (χ0n) is 14.4. The van der Waals surface area contributed by atoms with Crippen LogP contribution in [-0.2, 0) is 11.3 Å². The van der Waals surface area contributed by atoms with Crippen molar-refractivity contribution in [2.45, 2.75) is 6.54 Å². The summed E-state index contributed by atoms with van der Waals surface area (Å²) in [7, 11) is 1.78. The molecule has 2 aromatic carbocycles. The lowest BCUT2D eigenvalue weighted by molar-refractivity contribution is -0.132. The molecule has 26 heavy (non-hydrogen) atoms. The molecule has 3 rings (SSSR count). The van der Waals surface area contributed by atoms with E-state index in [1.807, 2.05) is 53.9 Å². The molecule has 0 aliphatic rings. The first-order chi connectivity index (χ1) is 12.7. The minimum atomic E-state index is -0.0606. The second-order valence-corrected chi connectivity index (χ2v) is 6.86. The van der Waals surface area contributed by atoms with Crippen LogP contribution in [-0.4, -0.2) is 24.5 Å². The summed E-state index contributed by atoms with van der Waals surface area (Å²) in [5.41, 5.74) is 2.70. The molecule has 0 atom stereocenters. The van der Waals surface area contributed by atoms with Gasteiger partial charge < -0.3 is 9.64 Å². The third-order valence-corrected chi connectivity index (χ3v) is 4.82. The van der Waals surface area contributed by atoms with Crippen molar-refractivity contribution in [1.29, 1.82) is 5.26 Å². The Labute approximate surface area is 156 Å². The highest BCUT2D eigenvalue weighted by Crippen LogP contribution is 2.23. The molecule has 1 amide bonds. The molecule has 0 spiro atoms. The molecule has 0 saturated carbocycles. The van der Waals surface area contributed by atoms with E-state index < -0.39 is 0 Å². The molecule has 0 radical (unpaired) electrons. The highest BCUT2D eigenvalue weighted by molar-refractivity contribution is 7.09. The molecule has 1 heterocycles. The predicted octanol–water partition coefficient (Wildman–Crippen LogP) is 4.32. The van der Waals surface area contributed by atoms with Crippen LogP contribution < -0.4 is 4.74 Å². The molecule has 3 aromatic rings. The van der Waals surface area contributed by atoms with Crippen molar-refractivity contribution in [3.8, 4) is 22.9 Å². The van der Waals surface area contributed by atoms with Gasteiger partial charge in [-0.15, -0.1) is 11.3 Å². The van der Waals surface area contributed by atoms with Crippen LogP contribution >= 0.6 is 11.3 Å². The van der Waals surface area contributed by atoms with E-state index in [1.165, 1.54) is 0 Å². The summed E-state index contributed by atoms with van der Waals surface area (Å²) >= 11 is 1.63. The van der Waals surface area contributed by atoms with Crippen molar-refractivity contribution < 1.29 is 9.53 Å². The summed E-state index contributed by atoms with van der Waals surface area (Å²) in [6.07, 6.45) is 0. The van der Waals surface area contributed by atoms with Gasteiger partial charge in [0.25, 0.3) is 5.91 Å². The first-order valence-corrected chi connectivity index (χ1v) is 9.03. The number of likely N-dealkylation sites (N-methyl/N-ethyl adjacent to an activating group) is 1. The normalized spacial score (nSPS) is 10.2. The van der Waals surface area contributed by atoms with Crippen molar-refractivity contribution in [1.82, 2.24) is 4.90 Å². The van der Waals surface area contributed by atoms with Crippen LogP contribution in [0, 0.1) is 11.3 Å². The van der Waals surface area contributed by atoms with E-state index in [0.717, 1.165) is 16.0 Å². The van der Waals surface area contributed by atoms with Crippen molar-refractivity contribution in [2.75, 3.05) is 13.7 Å². The molecule has 130 valence electrons. The van der Waals surface area contributed by atoms with E-state index in [2.05, 4.69) is 6.07 Å². The number of nitrogens with zero attached hydrogens (tertiary/aromatic N) is 2. The SMILES string of the molecule is CN(Cc1cccs1)C(=O)COc1ccc(-c2ccc(C#N)cc2)cc1. The molecule has 0 N–H and O–H groups in total.